The number of fused-ring (bicyclic) bond motifs is 2. The molecular formula is C25H27ClN8S. The fraction of sp³-hybridized carbons (Fsp3) is 0.200. The fourth-order valence-corrected chi connectivity index (χ4v) is 5.50. The number of anilines is 4. The van der Waals surface area contributed by atoms with Crippen LogP contribution >= 0.6 is 24.2 Å². The highest BCUT2D eigenvalue weighted by Crippen LogP contribution is 2.43. The lowest BCUT2D eigenvalue weighted by Gasteiger charge is -2.53. The number of hydrogen-bond donors (Lipinski definition) is 5. The molecule has 0 aliphatic carbocycles. The number of aromatic nitrogens is 2. The monoisotopic (exact) mass is 506 g/mol. The van der Waals surface area contributed by atoms with E-state index in [9.17, 15) is 0 Å². The van der Waals surface area contributed by atoms with Crippen molar-refractivity contribution in [2.75, 3.05) is 21.3 Å². The highest BCUT2D eigenvalue weighted by Gasteiger charge is 2.46. The molecule has 10 heteroatoms. The van der Waals surface area contributed by atoms with E-state index in [-0.39, 0.29) is 0 Å². The van der Waals surface area contributed by atoms with E-state index in [0.717, 1.165) is 44.5 Å². The summed E-state index contributed by atoms with van der Waals surface area (Å²) in [5.41, 5.74) is 32.8. The Hall–Kier alpha value is -3.24. The number of nitrogen functional groups attached to an aromatic ring is 2. The molecule has 8 N–H and O–H groups in total. The average Bonchev–Trinajstić information content (AvgIpc) is 2.78. The van der Waals surface area contributed by atoms with Gasteiger partial charge in [-0.1, -0.05) is 11.6 Å². The van der Waals surface area contributed by atoms with Crippen molar-refractivity contribution >= 4 is 68.8 Å². The van der Waals surface area contributed by atoms with E-state index in [1.165, 1.54) is 0 Å². The highest BCUT2D eigenvalue weighted by atomic mass is 35.5. The van der Waals surface area contributed by atoms with Gasteiger partial charge >= 0.3 is 0 Å². The number of hydrogen-bond acceptors (Lipinski definition) is 9. The minimum Gasteiger partial charge on any atom is -0.398 e. The zero-order chi connectivity index (χ0) is 25.2. The highest BCUT2D eigenvalue weighted by molar-refractivity contribution is 7.82. The van der Waals surface area contributed by atoms with Gasteiger partial charge in [-0.15, -0.1) is 12.6 Å². The lowest BCUT2D eigenvalue weighted by atomic mass is 10.1. The molecule has 0 bridgehead atoms. The second-order valence-corrected chi connectivity index (χ2v) is 9.94. The van der Waals surface area contributed by atoms with Crippen molar-refractivity contribution in [2.45, 2.75) is 32.1 Å². The number of aryl methyl sites for hydroxylation is 2. The Morgan fingerprint density at radius 1 is 0.857 bits per heavy atom. The maximum absolute atomic E-state index is 6.91. The van der Waals surface area contributed by atoms with Crippen LogP contribution in [0, 0.1) is 13.8 Å². The number of nitrogens with two attached hydrogens (primary N) is 4. The summed E-state index contributed by atoms with van der Waals surface area (Å²) in [6, 6.07) is 15.1. The maximum Gasteiger partial charge on any atom is 0.221 e. The second-order valence-electron chi connectivity index (χ2n) is 8.92. The molecule has 0 fully saturated rings. The predicted molar refractivity (Wildman–Crippen MR) is 149 cm³/mol. The summed E-state index contributed by atoms with van der Waals surface area (Å²) < 4.78 is 0. The second kappa shape index (κ2) is 8.17. The maximum atomic E-state index is 6.91. The number of nitrogens with zero attached hydrogens (tertiary/aromatic N) is 4. The van der Waals surface area contributed by atoms with Crippen molar-refractivity contribution in [3.63, 3.8) is 0 Å². The van der Waals surface area contributed by atoms with Gasteiger partial charge in [-0.05, 0) is 74.9 Å². The van der Waals surface area contributed by atoms with Gasteiger partial charge < -0.3 is 22.1 Å². The van der Waals surface area contributed by atoms with Crippen LogP contribution in [0.2, 0.25) is 0 Å². The Balaban J connectivity index is 1.68. The smallest absolute Gasteiger partial charge is 0.221 e. The van der Waals surface area contributed by atoms with Crippen LogP contribution in [-0.4, -0.2) is 21.3 Å². The summed E-state index contributed by atoms with van der Waals surface area (Å²) in [7, 11) is 0. The lowest BCUT2D eigenvalue weighted by molar-refractivity contribution is 0.490. The normalized spacial score (nSPS) is 20.8. The van der Waals surface area contributed by atoms with Crippen LogP contribution in [0.1, 0.15) is 18.3 Å². The first-order chi connectivity index (χ1) is 16.5. The largest absolute Gasteiger partial charge is 0.398 e. The Bertz CT molecular complexity index is 1530. The molecule has 2 unspecified atom stereocenters. The number of benzene rings is 2. The third-order valence-corrected chi connectivity index (χ3v) is 7.25. The molecule has 1 aliphatic rings. The summed E-state index contributed by atoms with van der Waals surface area (Å²) in [5, 5.41) is 0.550. The molecule has 3 heterocycles. The molecule has 2 aromatic carbocycles. The average molecular weight is 507 g/mol. The third-order valence-electron chi connectivity index (χ3n) is 6.37. The molecule has 180 valence electrons. The lowest BCUT2D eigenvalue weighted by Crippen LogP contribution is -2.71. The van der Waals surface area contributed by atoms with Crippen molar-refractivity contribution in [1.82, 2.24) is 9.97 Å². The number of thiol groups is 1. The van der Waals surface area contributed by atoms with Crippen molar-refractivity contribution in [3.8, 4) is 0 Å². The van der Waals surface area contributed by atoms with E-state index in [2.05, 4.69) is 9.97 Å². The SMILES string of the molecule is CC1=C(Cl)N(c2ccc3nc(C)cc(N)c3c2)C(N)(S)N(c2ccc3nc(C)cc(N)c3c2)C1N. The predicted octanol–water partition coefficient (Wildman–Crippen LogP) is 4.15. The number of rotatable bonds is 2. The Morgan fingerprint density at radius 2 is 1.34 bits per heavy atom. The van der Waals surface area contributed by atoms with E-state index in [1.807, 2.05) is 69.3 Å². The first-order valence-electron chi connectivity index (χ1n) is 11.1. The molecular weight excluding hydrogens is 480 g/mol. The van der Waals surface area contributed by atoms with E-state index in [1.54, 1.807) is 9.80 Å². The van der Waals surface area contributed by atoms with Gasteiger partial charge in [0.1, 0.15) is 11.3 Å². The topological polar surface area (TPSA) is 136 Å². The van der Waals surface area contributed by atoms with Crippen LogP contribution in [-0.2, 0) is 0 Å². The molecule has 0 saturated carbocycles. The van der Waals surface area contributed by atoms with Crippen LogP contribution in [0.25, 0.3) is 21.8 Å². The molecule has 5 rings (SSSR count). The minimum atomic E-state index is -1.43. The van der Waals surface area contributed by atoms with E-state index in [4.69, 9.17) is 47.2 Å². The van der Waals surface area contributed by atoms with Gasteiger partial charge in [0.25, 0.3) is 0 Å². The van der Waals surface area contributed by atoms with Gasteiger partial charge in [-0.25, -0.2) is 0 Å². The summed E-state index contributed by atoms with van der Waals surface area (Å²) >= 11 is 11.7. The minimum absolute atomic E-state index is 0.391. The van der Waals surface area contributed by atoms with Crippen molar-refractivity contribution in [1.29, 1.82) is 0 Å². The van der Waals surface area contributed by atoms with Crippen LogP contribution in [0.4, 0.5) is 22.7 Å². The van der Waals surface area contributed by atoms with Crippen molar-refractivity contribution in [3.05, 3.63) is 70.6 Å². The quantitative estimate of drug-likeness (QED) is 0.155. The summed E-state index contributed by atoms with van der Waals surface area (Å²) in [6.07, 6.45) is -0.631. The molecule has 4 aromatic rings. The molecule has 8 nitrogen and oxygen atoms in total. The standard InChI is InChI=1S/C25H27ClN8S/c1-12-8-19(27)17-10-15(4-6-21(17)31-12)33-23(26)14(3)24(29)34(25(33,30)35)16-5-7-22-18(11-16)20(28)9-13(2)32-22/h4-11,24,35H,29-30H2,1-3H3,(H2,27,31)(H2,28,32). The molecule has 1 aliphatic heterocycles. The number of halogens is 1. The van der Waals surface area contributed by atoms with Gasteiger partial charge in [0, 0.05) is 44.9 Å². The Labute approximate surface area is 213 Å². The molecule has 35 heavy (non-hydrogen) atoms. The van der Waals surface area contributed by atoms with Crippen LogP contribution in [0.3, 0.4) is 0 Å². The third kappa shape index (κ3) is 3.71. The van der Waals surface area contributed by atoms with E-state index >= 15 is 0 Å². The summed E-state index contributed by atoms with van der Waals surface area (Å²) in [6.45, 7) is 5.68. The zero-order valence-electron chi connectivity index (χ0n) is 19.6. The van der Waals surface area contributed by atoms with Gasteiger partial charge in [0.05, 0.1) is 11.0 Å². The Kier molecular flexibility index (Phi) is 5.48. The van der Waals surface area contributed by atoms with Gasteiger partial charge in [-0.3, -0.25) is 20.6 Å². The van der Waals surface area contributed by atoms with E-state index < -0.39 is 11.3 Å². The van der Waals surface area contributed by atoms with Gasteiger partial charge in [0.15, 0.2) is 0 Å². The van der Waals surface area contributed by atoms with Crippen molar-refractivity contribution in [2.24, 2.45) is 11.5 Å². The Morgan fingerprint density at radius 3 is 1.89 bits per heavy atom. The molecule has 2 atom stereocenters. The number of pyridine rings is 2. The first-order valence-corrected chi connectivity index (χ1v) is 11.9. The summed E-state index contributed by atoms with van der Waals surface area (Å²) in [4.78, 5) is 12.7. The van der Waals surface area contributed by atoms with E-state index in [0.29, 0.717) is 22.2 Å². The van der Waals surface area contributed by atoms with Crippen LogP contribution in [0.15, 0.2) is 59.3 Å². The summed E-state index contributed by atoms with van der Waals surface area (Å²) in [5.74, 6) is 0. The van der Waals surface area contributed by atoms with Crippen LogP contribution < -0.4 is 32.7 Å². The molecule has 0 saturated heterocycles. The van der Waals surface area contributed by atoms with Gasteiger partial charge in [-0.2, -0.15) is 0 Å². The fourth-order valence-electron chi connectivity index (χ4n) is 4.65. The van der Waals surface area contributed by atoms with Crippen molar-refractivity contribution < 1.29 is 0 Å². The molecule has 2 aromatic heterocycles. The zero-order valence-corrected chi connectivity index (χ0v) is 21.3. The van der Waals surface area contributed by atoms with Gasteiger partial charge in [0.2, 0.25) is 5.12 Å². The van der Waals surface area contributed by atoms with Crippen LogP contribution in [0.5, 0.6) is 0 Å². The molecule has 0 amide bonds. The first kappa shape index (κ1) is 23.5. The molecule has 0 spiro atoms. The molecule has 0 radical (unpaired) electrons.